The standard InChI is InChI=1S/C20H23BrN2O3S/c1-14(16-3-2-4-17(21)13-16)22-20(24)12-7-15-5-10-19(11-6-15)27(25,26)23-18-8-9-18/h2-6,10-11,13-14,18,23H,7-9,12H2,1H3,(H,22,24)/t14-/m1/s1. The Kier molecular flexibility index (Phi) is 6.34. The molecule has 1 saturated carbocycles. The Morgan fingerprint density at radius 3 is 2.52 bits per heavy atom. The topological polar surface area (TPSA) is 75.3 Å². The molecule has 3 rings (SSSR count). The van der Waals surface area contributed by atoms with Crippen LogP contribution >= 0.6 is 15.9 Å². The van der Waals surface area contributed by atoms with Crippen LogP contribution in [-0.2, 0) is 21.2 Å². The van der Waals surface area contributed by atoms with Crippen molar-refractivity contribution in [1.29, 1.82) is 0 Å². The fourth-order valence-corrected chi connectivity index (χ4v) is 4.48. The fraction of sp³-hybridized carbons (Fsp3) is 0.350. The Labute approximate surface area is 168 Å². The Hall–Kier alpha value is -1.70. The van der Waals surface area contributed by atoms with Crippen molar-refractivity contribution in [2.24, 2.45) is 0 Å². The van der Waals surface area contributed by atoms with Crippen molar-refractivity contribution < 1.29 is 13.2 Å². The van der Waals surface area contributed by atoms with Gasteiger partial charge in [-0.2, -0.15) is 0 Å². The van der Waals surface area contributed by atoms with Gasteiger partial charge < -0.3 is 5.32 Å². The van der Waals surface area contributed by atoms with Gasteiger partial charge in [-0.3, -0.25) is 4.79 Å². The molecule has 1 aliphatic carbocycles. The summed E-state index contributed by atoms with van der Waals surface area (Å²) in [4.78, 5) is 12.5. The van der Waals surface area contributed by atoms with Crippen molar-refractivity contribution in [3.05, 3.63) is 64.1 Å². The molecule has 1 amide bonds. The predicted octanol–water partition coefficient (Wildman–Crippen LogP) is 3.70. The number of hydrogen-bond acceptors (Lipinski definition) is 3. The zero-order valence-electron chi connectivity index (χ0n) is 15.1. The van der Waals surface area contributed by atoms with Crippen LogP contribution in [0.5, 0.6) is 0 Å². The Balaban J connectivity index is 1.51. The van der Waals surface area contributed by atoms with Crippen molar-refractivity contribution in [2.45, 2.75) is 49.6 Å². The molecule has 2 N–H and O–H groups in total. The highest BCUT2D eigenvalue weighted by Gasteiger charge is 2.27. The highest BCUT2D eigenvalue weighted by atomic mass is 79.9. The van der Waals surface area contributed by atoms with Gasteiger partial charge in [0.05, 0.1) is 10.9 Å². The van der Waals surface area contributed by atoms with E-state index in [1.54, 1.807) is 24.3 Å². The van der Waals surface area contributed by atoms with Gasteiger partial charge in [0.1, 0.15) is 0 Å². The first-order chi connectivity index (χ1) is 12.8. The molecule has 0 bridgehead atoms. The van der Waals surface area contributed by atoms with Gasteiger partial charge in [-0.15, -0.1) is 0 Å². The second-order valence-electron chi connectivity index (χ2n) is 6.88. The van der Waals surface area contributed by atoms with E-state index in [2.05, 4.69) is 26.0 Å². The van der Waals surface area contributed by atoms with Crippen LogP contribution in [0.15, 0.2) is 57.9 Å². The van der Waals surface area contributed by atoms with Gasteiger partial charge in [0.15, 0.2) is 0 Å². The summed E-state index contributed by atoms with van der Waals surface area (Å²) in [6, 6.07) is 14.6. The molecule has 1 atom stereocenters. The molecule has 7 heteroatoms. The number of benzene rings is 2. The van der Waals surface area contributed by atoms with Gasteiger partial charge in [-0.05, 0) is 61.6 Å². The van der Waals surface area contributed by atoms with Crippen LogP contribution in [-0.4, -0.2) is 20.4 Å². The lowest BCUT2D eigenvalue weighted by molar-refractivity contribution is -0.121. The van der Waals surface area contributed by atoms with E-state index in [-0.39, 0.29) is 22.9 Å². The van der Waals surface area contributed by atoms with E-state index in [0.717, 1.165) is 28.4 Å². The predicted molar refractivity (Wildman–Crippen MR) is 109 cm³/mol. The number of carbonyl (C=O) groups is 1. The first-order valence-electron chi connectivity index (χ1n) is 8.99. The van der Waals surface area contributed by atoms with Gasteiger partial charge in [-0.1, -0.05) is 40.2 Å². The normalized spacial score (nSPS) is 15.3. The van der Waals surface area contributed by atoms with E-state index in [4.69, 9.17) is 0 Å². The van der Waals surface area contributed by atoms with Crippen molar-refractivity contribution in [3.63, 3.8) is 0 Å². The molecule has 0 unspecified atom stereocenters. The van der Waals surface area contributed by atoms with Crippen molar-refractivity contribution in [3.8, 4) is 0 Å². The van der Waals surface area contributed by atoms with Gasteiger partial charge >= 0.3 is 0 Å². The van der Waals surface area contributed by atoms with Crippen LogP contribution in [0, 0.1) is 0 Å². The minimum absolute atomic E-state index is 0.0328. The average molecular weight is 451 g/mol. The monoisotopic (exact) mass is 450 g/mol. The highest BCUT2D eigenvalue weighted by Crippen LogP contribution is 2.22. The maximum atomic E-state index is 12.2. The number of rotatable bonds is 8. The SMILES string of the molecule is C[C@@H](NC(=O)CCc1ccc(S(=O)(=O)NC2CC2)cc1)c1cccc(Br)c1. The zero-order valence-corrected chi connectivity index (χ0v) is 17.5. The molecule has 2 aromatic carbocycles. The number of nitrogens with one attached hydrogen (secondary N) is 2. The summed E-state index contributed by atoms with van der Waals surface area (Å²) in [5, 5.41) is 2.99. The molecule has 0 aromatic heterocycles. The fourth-order valence-electron chi connectivity index (χ4n) is 2.75. The maximum absolute atomic E-state index is 12.2. The molecule has 0 heterocycles. The molecular weight excluding hydrogens is 428 g/mol. The molecule has 0 saturated heterocycles. The third-order valence-electron chi connectivity index (χ3n) is 4.50. The summed E-state index contributed by atoms with van der Waals surface area (Å²) in [7, 11) is -3.43. The van der Waals surface area contributed by atoms with Gasteiger partial charge in [-0.25, -0.2) is 13.1 Å². The molecule has 1 fully saturated rings. The maximum Gasteiger partial charge on any atom is 0.240 e. The van der Waals surface area contributed by atoms with Gasteiger partial charge in [0.2, 0.25) is 15.9 Å². The van der Waals surface area contributed by atoms with E-state index in [1.807, 2.05) is 31.2 Å². The summed E-state index contributed by atoms with van der Waals surface area (Å²) < 4.78 is 28.0. The van der Waals surface area contributed by atoms with Crippen molar-refractivity contribution >= 4 is 31.9 Å². The minimum Gasteiger partial charge on any atom is -0.350 e. The second kappa shape index (κ2) is 8.54. The van der Waals surface area contributed by atoms with E-state index < -0.39 is 10.0 Å². The first kappa shape index (κ1) is 20.0. The number of carbonyl (C=O) groups excluding carboxylic acids is 1. The van der Waals surface area contributed by atoms with E-state index in [0.29, 0.717) is 12.8 Å². The molecule has 1 aliphatic rings. The van der Waals surface area contributed by atoms with Crippen LogP contribution in [0.1, 0.15) is 43.4 Å². The molecular formula is C20H23BrN2O3S. The number of halogens is 1. The van der Waals surface area contributed by atoms with Crippen molar-refractivity contribution in [1.82, 2.24) is 10.0 Å². The first-order valence-corrected chi connectivity index (χ1v) is 11.3. The number of amides is 1. The van der Waals surface area contributed by atoms with E-state index in [1.165, 1.54) is 0 Å². The van der Waals surface area contributed by atoms with Crippen LogP contribution in [0.2, 0.25) is 0 Å². The lowest BCUT2D eigenvalue weighted by Gasteiger charge is -2.14. The second-order valence-corrected chi connectivity index (χ2v) is 9.51. The van der Waals surface area contributed by atoms with Crippen LogP contribution in [0.3, 0.4) is 0 Å². The molecule has 0 radical (unpaired) electrons. The minimum atomic E-state index is -3.43. The van der Waals surface area contributed by atoms with Gasteiger partial charge in [0.25, 0.3) is 0 Å². The largest absolute Gasteiger partial charge is 0.350 e. The molecule has 0 spiro atoms. The van der Waals surface area contributed by atoms with Gasteiger partial charge in [0, 0.05) is 16.9 Å². The molecule has 27 heavy (non-hydrogen) atoms. The zero-order chi connectivity index (χ0) is 19.4. The van der Waals surface area contributed by atoms with Crippen LogP contribution in [0.25, 0.3) is 0 Å². The van der Waals surface area contributed by atoms with Crippen LogP contribution in [0.4, 0.5) is 0 Å². The highest BCUT2D eigenvalue weighted by molar-refractivity contribution is 9.10. The average Bonchev–Trinajstić information content (AvgIpc) is 3.43. The molecule has 2 aromatic rings. The molecule has 144 valence electrons. The smallest absolute Gasteiger partial charge is 0.240 e. The number of hydrogen-bond donors (Lipinski definition) is 2. The number of aryl methyl sites for hydroxylation is 1. The Morgan fingerprint density at radius 2 is 1.89 bits per heavy atom. The van der Waals surface area contributed by atoms with Crippen LogP contribution < -0.4 is 10.0 Å². The lowest BCUT2D eigenvalue weighted by atomic mass is 10.1. The lowest BCUT2D eigenvalue weighted by Crippen LogP contribution is -2.27. The van der Waals surface area contributed by atoms with E-state index >= 15 is 0 Å². The quantitative estimate of drug-likeness (QED) is 0.643. The molecule has 5 nitrogen and oxygen atoms in total. The Morgan fingerprint density at radius 1 is 1.19 bits per heavy atom. The number of sulfonamides is 1. The summed E-state index contributed by atoms with van der Waals surface area (Å²) >= 11 is 3.43. The third-order valence-corrected chi connectivity index (χ3v) is 6.53. The third kappa shape index (κ3) is 5.89. The Bertz CT molecular complexity index is 909. The summed E-state index contributed by atoms with van der Waals surface area (Å²) in [6.07, 6.45) is 2.73. The summed E-state index contributed by atoms with van der Waals surface area (Å²) in [5.74, 6) is -0.0328. The summed E-state index contributed by atoms with van der Waals surface area (Å²) in [6.45, 7) is 1.95. The summed E-state index contributed by atoms with van der Waals surface area (Å²) in [5.41, 5.74) is 1.97. The molecule has 0 aliphatic heterocycles. The van der Waals surface area contributed by atoms with E-state index in [9.17, 15) is 13.2 Å². The van der Waals surface area contributed by atoms with Crippen molar-refractivity contribution in [2.75, 3.05) is 0 Å².